The van der Waals surface area contributed by atoms with E-state index in [-0.39, 0.29) is 5.60 Å². The second kappa shape index (κ2) is 6.36. The van der Waals surface area contributed by atoms with Gasteiger partial charge in [-0.25, -0.2) is 0 Å². The Balaban J connectivity index is 1.75. The highest BCUT2D eigenvalue weighted by Gasteiger charge is 2.34. The lowest BCUT2D eigenvalue weighted by molar-refractivity contribution is -0.0940. The average molecular weight is 255 g/mol. The zero-order valence-electron chi connectivity index (χ0n) is 12.2. The Kier molecular flexibility index (Phi) is 5.05. The normalized spacial score (nSPS) is 35.8. The standard InChI is InChI=1S/C15H29NO2/c1-4-15(5-2)10-13(8-9-17-15)16-11-14-7-6-12(3)18-14/h12-14,16H,4-11H2,1-3H3. The maximum absolute atomic E-state index is 6.01. The second-order valence-electron chi connectivity index (χ2n) is 5.98. The fourth-order valence-electron chi connectivity index (χ4n) is 3.28. The smallest absolute Gasteiger partial charge is 0.0704 e. The van der Waals surface area contributed by atoms with Gasteiger partial charge >= 0.3 is 0 Å². The van der Waals surface area contributed by atoms with Gasteiger partial charge in [-0.3, -0.25) is 0 Å². The number of ether oxygens (including phenoxy) is 2. The first-order chi connectivity index (χ1) is 8.67. The summed E-state index contributed by atoms with van der Waals surface area (Å²) in [6, 6.07) is 0.609. The maximum Gasteiger partial charge on any atom is 0.0704 e. The maximum atomic E-state index is 6.01. The fraction of sp³-hybridized carbons (Fsp3) is 1.00. The van der Waals surface area contributed by atoms with Crippen LogP contribution < -0.4 is 5.32 Å². The van der Waals surface area contributed by atoms with E-state index in [9.17, 15) is 0 Å². The molecule has 3 heteroatoms. The van der Waals surface area contributed by atoms with E-state index in [0.29, 0.717) is 18.2 Å². The predicted molar refractivity (Wildman–Crippen MR) is 73.9 cm³/mol. The Hall–Kier alpha value is -0.120. The van der Waals surface area contributed by atoms with Gasteiger partial charge in [0, 0.05) is 19.2 Å². The van der Waals surface area contributed by atoms with Gasteiger partial charge in [0.15, 0.2) is 0 Å². The SMILES string of the molecule is CCC1(CC)CC(NCC2CCC(C)O2)CCO1. The van der Waals surface area contributed by atoms with Gasteiger partial charge in [-0.1, -0.05) is 13.8 Å². The Labute approximate surface area is 112 Å². The van der Waals surface area contributed by atoms with Crippen molar-refractivity contribution in [1.82, 2.24) is 5.32 Å². The Bertz CT molecular complexity index is 253. The van der Waals surface area contributed by atoms with E-state index in [1.807, 2.05) is 0 Å². The van der Waals surface area contributed by atoms with Gasteiger partial charge in [0.2, 0.25) is 0 Å². The molecule has 2 aliphatic rings. The number of rotatable bonds is 5. The Morgan fingerprint density at radius 2 is 1.94 bits per heavy atom. The molecule has 2 saturated heterocycles. The molecule has 2 rings (SSSR count). The zero-order valence-corrected chi connectivity index (χ0v) is 12.2. The highest BCUT2D eigenvalue weighted by Crippen LogP contribution is 2.31. The summed E-state index contributed by atoms with van der Waals surface area (Å²) < 4.78 is 11.9. The minimum atomic E-state index is 0.125. The third kappa shape index (κ3) is 3.46. The van der Waals surface area contributed by atoms with Crippen LogP contribution in [0.2, 0.25) is 0 Å². The van der Waals surface area contributed by atoms with Crippen molar-refractivity contribution in [2.24, 2.45) is 0 Å². The Morgan fingerprint density at radius 3 is 2.56 bits per heavy atom. The molecule has 0 bridgehead atoms. The van der Waals surface area contributed by atoms with Crippen LogP contribution in [0.5, 0.6) is 0 Å². The van der Waals surface area contributed by atoms with Crippen LogP contribution in [-0.2, 0) is 9.47 Å². The number of nitrogens with one attached hydrogen (secondary N) is 1. The molecular weight excluding hydrogens is 226 g/mol. The van der Waals surface area contributed by atoms with Crippen LogP contribution in [0.1, 0.15) is 59.3 Å². The first-order valence-corrected chi connectivity index (χ1v) is 7.70. The van der Waals surface area contributed by atoms with Crippen LogP contribution in [-0.4, -0.2) is 37.0 Å². The topological polar surface area (TPSA) is 30.5 Å². The summed E-state index contributed by atoms with van der Waals surface area (Å²) >= 11 is 0. The summed E-state index contributed by atoms with van der Waals surface area (Å²) in [7, 11) is 0. The molecule has 0 aromatic rings. The van der Waals surface area contributed by atoms with Crippen LogP contribution in [0.25, 0.3) is 0 Å². The summed E-state index contributed by atoms with van der Waals surface area (Å²) in [6.07, 6.45) is 7.86. The molecule has 0 aliphatic carbocycles. The molecule has 0 aromatic carbocycles. The van der Waals surface area contributed by atoms with Crippen molar-refractivity contribution in [3.63, 3.8) is 0 Å². The van der Waals surface area contributed by atoms with E-state index in [2.05, 4.69) is 26.1 Å². The van der Waals surface area contributed by atoms with Gasteiger partial charge in [-0.05, 0) is 45.4 Å². The molecule has 0 amide bonds. The molecule has 0 spiro atoms. The fourth-order valence-corrected chi connectivity index (χ4v) is 3.28. The first-order valence-electron chi connectivity index (χ1n) is 7.70. The van der Waals surface area contributed by atoms with Gasteiger partial charge in [-0.2, -0.15) is 0 Å². The highest BCUT2D eigenvalue weighted by atomic mass is 16.5. The predicted octanol–water partition coefficient (Wildman–Crippen LogP) is 2.88. The van der Waals surface area contributed by atoms with E-state index in [1.54, 1.807) is 0 Å². The van der Waals surface area contributed by atoms with Gasteiger partial charge in [0.1, 0.15) is 0 Å². The van der Waals surface area contributed by atoms with Gasteiger partial charge in [0.05, 0.1) is 17.8 Å². The van der Waals surface area contributed by atoms with E-state index in [0.717, 1.165) is 38.8 Å². The molecule has 3 nitrogen and oxygen atoms in total. The van der Waals surface area contributed by atoms with Crippen molar-refractivity contribution in [2.45, 2.75) is 83.1 Å². The molecule has 2 aliphatic heterocycles. The van der Waals surface area contributed by atoms with E-state index < -0.39 is 0 Å². The summed E-state index contributed by atoms with van der Waals surface area (Å²) in [4.78, 5) is 0. The summed E-state index contributed by atoms with van der Waals surface area (Å²) in [5, 5.41) is 3.70. The number of hydrogen-bond acceptors (Lipinski definition) is 3. The minimum absolute atomic E-state index is 0.125. The molecule has 0 aromatic heterocycles. The van der Waals surface area contributed by atoms with E-state index >= 15 is 0 Å². The highest BCUT2D eigenvalue weighted by molar-refractivity contribution is 4.88. The zero-order chi connectivity index (χ0) is 13.0. The van der Waals surface area contributed by atoms with Crippen LogP contribution in [0.3, 0.4) is 0 Å². The van der Waals surface area contributed by atoms with Crippen molar-refractivity contribution in [3.8, 4) is 0 Å². The second-order valence-corrected chi connectivity index (χ2v) is 5.98. The third-order valence-corrected chi connectivity index (χ3v) is 4.74. The van der Waals surface area contributed by atoms with Crippen LogP contribution in [0.15, 0.2) is 0 Å². The summed E-state index contributed by atoms with van der Waals surface area (Å²) in [6.45, 7) is 8.58. The largest absolute Gasteiger partial charge is 0.375 e. The summed E-state index contributed by atoms with van der Waals surface area (Å²) in [5.74, 6) is 0. The van der Waals surface area contributed by atoms with Crippen molar-refractivity contribution in [2.75, 3.05) is 13.2 Å². The lowest BCUT2D eigenvalue weighted by Crippen LogP contribution is -2.48. The van der Waals surface area contributed by atoms with Crippen molar-refractivity contribution < 1.29 is 9.47 Å². The lowest BCUT2D eigenvalue weighted by Gasteiger charge is -2.40. The molecular formula is C15H29NO2. The molecule has 18 heavy (non-hydrogen) atoms. The quantitative estimate of drug-likeness (QED) is 0.819. The molecule has 3 unspecified atom stereocenters. The van der Waals surface area contributed by atoms with E-state index in [1.165, 1.54) is 12.8 Å². The van der Waals surface area contributed by atoms with Crippen LogP contribution in [0.4, 0.5) is 0 Å². The molecule has 0 radical (unpaired) electrons. The van der Waals surface area contributed by atoms with Crippen LogP contribution >= 0.6 is 0 Å². The van der Waals surface area contributed by atoms with Crippen molar-refractivity contribution >= 4 is 0 Å². The van der Waals surface area contributed by atoms with Crippen LogP contribution in [0, 0.1) is 0 Å². The molecule has 2 fully saturated rings. The van der Waals surface area contributed by atoms with Gasteiger partial charge < -0.3 is 14.8 Å². The average Bonchev–Trinajstić information content (AvgIpc) is 2.82. The molecule has 3 atom stereocenters. The molecule has 2 heterocycles. The molecule has 0 saturated carbocycles. The monoisotopic (exact) mass is 255 g/mol. The first kappa shape index (κ1) is 14.3. The van der Waals surface area contributed by atoms with Crippen molar-refractivity contribution in [3.05, 3.63) is 0 Å². The molecule has 106 valence electrons. The van der Waals surface area contributed by atoms with Gasteiger partial charge in [-0.15, -0.1) is 0 Å². The van der Waals surface area contributed by atoms with Gasteiger partial charge in [0.25, 0.3) is 0 Å². The minimum Gasteiger partial charge on any atom is -0.375 e. The summed E-state index contributed by atoms with van der Waals surface area (Å²) in [5.41, 5.74) is 0.125. The van der Waals surface area contributed by atoms with Crippen molar-refractivity contribution in [1.29, 1.82) is 0 Å². The third-order valence-electron chi connectivity index (χ3n) is 4.74. The Morgan fingerprint density at radius 1 is 1.17 bits per heavy atom. The van der Waals surface area contributed by atoms with E-state index in [4.69, 9.17) is 9.47 Å². The number of hydrogen-bond donors (Lipinski definition) is 1. The lowest BCUT2D eigenvalue weighted by atomic mass is 9.86. The molecule has 1 N–H and O–H groups in total.